The van der Waals surface area contributed by atoms with Gasteiger partial charge in [0.2, 0.25) is 10.0 Å². The van der Waals surface area contributed by atoms with Gasteiger partial charge in [0, 0.05) is 24.2 Å². The minimum Gasteiger partial charge on any atom is -0.305 e. The molecule has 4 nitrogen and oxygen atoms in total. The minimum absolute atomic E-state index is 0.199. The van der Waals surface area contributed by atoms with Crippen LogP contribution in [0, 0.1) is 0 Å². The summed E-state index contributed by atoms with van der Waals surface area (Å²) in [5.74, 6) is 0. The Kier molecular flexibility index (Phi) is 6.92. The summed E-state index contributed by atoms with van der Waals surface area (Å²) in [7, 11) is -3.62. The second kappa shape index (κ2) is 9.19. The summed E-state index contributed by atoms with van der Waals surface area (Å²) in [5, 5.41) is 4.06. The highest BCUT2D eigenvalue weighted by Crippen LogP contribution is 2.25. The van der Waals surface area contributed by atoms with Crippen molar-refractivity contribution in [2.45, 2.75) is 16.8 Å². The standard InChI is InChI=1S/C19H18Cl2N2O2S2/c20-16-9-5-4-8-15(16)12-22-17(14-6-2-1-3-7-14)13-23-27(24,25)19-11-10-18(21)26-19/h1-11,17,22-23H,12-13H2. The first-order valence-electron chi connectivity index (χ1n) is 8.22. The first kappa shape index (κ1) is 20.3. The molecule has 0 aliphatic carbocycles. The van der Waals surface area contributed by atoms with Crippen LogP contribution < -0.4 is 10.0 Å². The zero-order chi connectivity index (χ0) is 19.3. The minimum atomic E-state index is -3.62. The largest absolute Gasteiger partial charge is 0.305 e. The third-order valence-corrected chi connectivity index (χ3v) is 7.50. The van der Waals surface area contributed by atoms with Crippen molar-refractivity contribution in [2.75, 3.05) is 6.54 Å². The molecule has 0 radical (unpaired) electrons. The quantitative estimate of drug-likeness (QED) is 0.525. The van der Waals surface area contributed by atoms with Gasteiger partial charge in [-0.3, -0.25) is 0 Å². The van der Waals surface area contributed by atoms with Crippen LogP contribution >= 0.6 is 34.5 Å². The summed E-state index contributed by atoms with van der Waals surface area (Å²) >= 11 is 13.1. The zero-order valence-corrected chi connectivity index (χ0v) is 17.4. The monoisotopic (exact) mass is 440 g/mol. The molecule has 2 N–H and O–H groups in total. The van der Waals surface area contributed by atoms with Gasteiger partial charge in [0.1, 0.15) is 4.21 Å². The normalized spacial score (nSPS) is 12.8. The van der Waals surface area contributed by atoms with Crippen molar-refractivity contribution >= 4 is 44.6 Å². The summed E-state index contributed by atoms with van der Waals surface area (Å²) < 4.78 is 28.3. The van der Waals surface area contributed by atoms with Crippen molar-refractivity contribution in [1.82, 2.24) is 10.0 Å². The van der Waals surface area contributed by atoms with Crippen LogP contribution in [0.25, 0.3) is 0 Å². The molecule has 142 valence electrons. The van der Waals surface area contributed by atoms with E-state index in [0.717, 1.165) is 22.5 Å². The molecular formula is C19H18Cl2N2O2S2. The first-order valence-corrected chi connectivity index (χ1v) is 11.3. The van der Waals surface area contributed by atoms with E-state index in [2.05, 4.69) is 10.0 Å². The molecule has 0 spiro atoms. The van der Waals surface area contributed by atoms with Gasteiger partial charge in [-0.2, -0.15) is 0 Å². The van der Waals surface area contributed by atoms with E-state index in [1.165, 1.54) is 6.07 Å². The predicted octanol–water partition coefficient (Wildman–Crippen LogP) is 4.86. The average molecular weight is 441 g/mol. The van der Waals surface area contributed by atoms with Crippen LogP contribution in [-0.2, 0) is 16.6 Å². The highest BCUT2D eigenvalue weighted by Gasteiger charge is 2.20. The molecule has 0 fully saturated rings. The van der Waals surface area contributed by atoms with Gasteiger partial charge in [-0.05, 0) is 29.3 Å². The molecular weight excluding hydrogens is 423 g/mol. The van der Waals surface area contributed by atoms with Crippen molar-refractivity contribution in [3.8, 4) is 0 Å². The van der Waals surface area contributed by atoms with Gasteiger partial charge >= 0.3 is 0 Å². The van der Waals surface area contributed by atoms with Gasteiger partial charge < -0.3 is 5.32 Å². The lowest BCUT2D eigenvalue weighted by atomic mass is 10.1. The Hall–Kier alpha value is -1.41. The lowest BCUT2D eigenvalue weighted by Crippen LogP contribution is -2.34. The number of hydrogen-bond donors (Lipinski definition) is 2. The Balaban J connectivity index is 1.74. The van der Waals surface area contributed by atoms with Crippen LogP contribution in [0.3, 0.4) is 0 Å². The Morgan fingerprint density at radius 1 is 0.926 bits per heavy atom. The van der Waals surface area contributed by atoms with Crippen LogP contribution in [0.4, 0.5) is 0 Å². The van der Waals surface area contributed by atoms with E-state index in [1.807, 2.05) is 54.6 Å². The van der Waals surface area contributed by atoms with Crippen molar-refractivity contribution in [1.29, 1.82) is 0 Å². The fraction of sp³-hybridized carbons (Fsp3) is 0.158. The van der Waals surface area contributed by atoms with Crippen LogP contribution in [0.1, 0.15) is 17.2 Å². The second-order valence-electron chi connectivity index (χ2n) is 5.85. The van der Waals surface area contributed by atoms with E-state index in [1.54, 1.807) is 6.07 Å². The first-order chi connectivity index (χ1) is 13.0. The zero-order valence-electron chi connectivity index (χ0n) is 14.2. The Morgan fingerprint density at radius 3 is 2.30 bits per heavy atom. The summed E-state index contributed by atoms with van der Waals surface area (Å²) in [5.41, 5.74) is 1.93. The second-order valence-corrected chi connectivity index (χ2v) is 9.96. The van der Waals surface area contributed by atoms with E-state index in [9.17, 15) is 8.42 Å². The van der Waals surface area contributed by atoms with Crippen LogP contribution in [0.15, 0.2) is 70.9 Å². The van der Waals surface area contributed by atoms with Gasteiger partial charge in [0.25, 0.3) is 0 Å². The van der Waals surface area contributed by atoms with Gasteiger partial charge in [0.15, 0.2) is 0 Å². The number of hydrogen-bond acceptors (Lipinski definition) is 4. The molecule has 1 heterocycles. The van der Waals surface area contributed by atoms with Gasteiger partial charge in [0.05, 0.1) is 4.34 Å². The fourth-order valence-electron chi connectivity index (χ4n) is 2.57. The summed E-state index contributed by atoms with van der Waals surface area (Å²) in [6, 6.07) is 20.1. The number of benzene rings is 2. The van der Waals surface area contributed by atoms with Gasteiger partial charge in [-0.1, -0.05) is 71.7 Å². The maximum absolute atomic E-state index is 12.5. The van der Waals surface area contributed by atoms with Crippen LogP contribution in [0.5, 0.6) is 0 Å². The Labute approximate surface area is 173 Å². The van der Waals surface area contributed by atoms with Crippen LogP contribution in [-0.4, -0.2) is 15.0 Å². The SMILES string of the molecule is O=S(=O)(NCC(NCc1ccccc1Cl)c1ccccc1)c1ccc(Cl)s1. The average Bonchev–Trinajstić information content (AvgIpc) is 3.11. The third-order valence-electron chi connectivity index (χ3n) is 3.99. The van der Waals surface area contributed by atoms with E-state index in [-0.39, 0.29) is 16.8 Å². The molecule has 0 aliphatic heterocycles. The number of rotatable bonds is 8. The molecule has 3 rings (SSSR count). The van der Waals surface area contributed by atoms with E-state index in [0.29, 0.717) is 15.9 Å². The van der Waals surface area contributed by atoms with Gasteiger partial charge in [-0.25, -0.2) is 13.1 Å². The molecule has 2 aromatic carbocycles. The van der Waals surface area contributed by atoms with E-state index >= 15 is 0 Å². The highest BCUT2D eigenvalue weighted by molar-refractivity contribution is 7.91. The Morgan fingerprint density at radius 2 is 1.63 bits per heavy atom. The molecule has 1 atom stereocenters. The number of sulfonamides is 1. The predicted molar refractivity (Wildman–Crippen MR) is 112 cm³/mol. The van der Waals surface area contributed by atoms with Crippen molar-refractivity contribution < 1.29 is 8.42 Å². The molecule has 8 heteroatoms. The molecule has 1 aromatic heterocycles. The molecule has 0 saturated heterocycles. The summed E-state index contributed by atoms with van der Waals surface area (Å²) in [6.07, 6.45) is 0. The van der Waals surface area contributed by atoms with E-state index in [4.69, 9.17) is 23.2 Å². The summed E-state index contributed by atoms with van der Waals surface area (Å²) in [4.78, 5) is 0. The molecule has 1 unspecified atom stereocenters. The number of nitrogens with one attached hydrogen (secondary N) is 2. The molecule has 0 amide bonds. The topological polar surface area (TPSA) is 58.2 Å². The summed E-state index contributed by atoms with van der Waals surface area (Å²) in [6.45, 7) is 0.720. The lowest BCUT2D eigenvalue weighted by molar-refractivity contribution is 0.513. The van der Waals surface area contributed by atoms with Crippen molar-refractivity contribution in [3.05, 3.63) is 87.2 Å². The lowest BCUT2D eigenvalue weighted by Gasteiger charge is -2.20. The molecule has 27 heavy (non-hydrogen) atoms. The third kappa shape index (κ3) is 5.54. The van der Waals surface area contributed by atoms with E-state index < -0.39 is 10.0 Å². The maximum Gasteiger partial charge on any atom is 0.250 e. The smallest absolute Gasteiger partial charge is 0.250 e. The highest BCUT2D eigenvalue weighted by atomic mass is 35.5. The maximum atomic E-state index is 12.5. The fourth-order valence-corrected chi connectivity index (χ4v) is 5.35. The number of thiophene rings is 1. The van der Waals surface area contributed by atoms with Gasteiger partial charge in [-0.15, -0.1) is 11.3 Å². The molecule has 0 aliphatic rings. The van der Waals surface area contributed by atoms with Crippen LogP contribution in [0.2, 0.25) is 9.36 Å². The molecule has 3 aromatic rings. The van der Waals surface area contributed by atoms with Crippen molar-refractivity contribution in [3.63, 3.8) is 0 Å². The van der Waals surface area contributed by atoms with Crippen molar-refractivity contribution in [2.24, 2.45) is 0 Å². The number of halogens is 2. The molecule has 0 saturated carbocycles. The Bertz CT molecular complexity index is 992. The molecule has 0 bridgehead atoms.